The van der Waals surface area contributed by atoms with Crippen LogP contribution in [0.15, 0.2) is 48.7 Å². The van der Waals surface area contributed by atoms with Gasteiger partial charge in [-0.25, -0.2) is 0 Å². The average Bonchev–Trinajstić information content (AvgIpc) is 2.80. The molecule has 0 radical (unpaired) electrons. The van der Waals surface area contributed by atoms with E-state index >= 15 is 0 Å². The van der Waals surface area contributed by atoms with Crippen LogP contribution in [-0.2, 0) is 19.2 Å². The Morgan fingerprint density at radius 1 is 1.16 bits per heavy atom. The predicted octanol–water partition coefficient (Wildman–Crippen LogP) is 1.69. The van der Waals surface area contributed by atoms with Gasteiger partial charge in [-0.1, -0.05) is 56.2 Å². The van der Waals surface area contributed by atoms with Gasteiger partial charge in [-0.15, -0.1) is 6.58 Å². The normalized spacial score (nSPS) is 22.2. The predicted molar refractivity (Wildman–Crippen MR) is 123 cm³/mol. The van der Waals surface area contributed by atoms with Crippen LogP contribution in [0.3, 0.4) is 0 Å². The zero-order valence-corrected chi connectivity index (χ0v) is 19.0. The summed E-state index contributed by atoms with van der Waals surface area (Å²) in [6.45, 7) is 7.08. The SMILES string of the molecule is C=CCN1C(=O)[C@H](CCCC)NC(=O)[C@H](C)N(C)C(=O)CNC(=O)/C1=C/c1ccccc1. The maximum atomic E-state index is 13.6. The molecule has 1 heterocycles. The third-order valence-electron chi connectivity index (χ3n) is 5.42. The second-order valence-corrected chi connectivity index (χ2v) is 7.74. The summed E-state index contributed by atoms with van der Waals surface area (Å²) in [7, 11) is 1.50. The molecule has 32 heavy (non-hydrogen) atoms. The first kappa shape index (κ1) is 24.8. The lowest BCUT2D eigenvalue weighted by Crippen LogP contribution is -2.56. The van der Waals surface area contributed by atoms with E-state index in [0.717, 1.165) is 12.0 Å². The number of nitrogens with one attached hydrogen (secondary N) is 2. The van der Waals surface area contributed by atoms with E-state index in [1.807, 2.05) is 37.3 Å². The average molecular weight is 441 g/mol. The highest BCUT2D eigenvalue weighted by molar-refractivity contribution is 6.04. The number of hydrogen-bond acceptors (Lipinski definition) is 4. The molecule has 172 valence electrons. The van der Waals surface area contributed by atoms with Gasteiger partial charge in [-0.05, 0) is 25.0 Å². The minimum Gasteiger partial charge on any atom is -0.343 e. The summed E-state index contributed by atoms with van der Waals surface area (Å²) < 4.78 is 0. The molecule has 2 atom stereocenters. The first-order chi connectivity index (χ1) is 15.3. The number of unbranched alkanes of at least 4 members (excludes halogenated alkanes) is 1. The summed E-state index contributed by atoms with van der Waals surface area (Å²) in [5.74, 6) is -1.79. The van der Waals surface area contributed by atoms with E-state index in [2.05, 4.69) is 17.2 Å². The van der Waals surface area contributed by atoms with Gasteiger partial charge in [0.15, 0.2) is 0 Å². The van der Waals surface area contributed by atoms with Gasteiger partial charge in [-0.2, -0.15) is 0 Å². The Hall–Kier alpha value is -3.42. The van der Waals surface area contributed by atoms with Crippen molar-refractivity contribution < 1.29 is 19.2 Å². The Bertz CT molecular complexity index is 881. The van der Waals surface area contributed by atoms with Gasteiger partial charge >= 0.3 is 0 Å². The minimum absolute atomic E-state index is 0.0762. The van der Waals surface area contributed by atoms with Gasteiger partial charge in [0.25, 0.3) is 5.91 Å². The van der Waals surface area contributed by atoms with E-state index in [9.17, 15) is 19.2 Å². The first-order valence-corrected chi connectivity index (χ1v) is 10.8. The van der Waals surface area contributed by atoms with Gasteiger partial charge in [-0.3, -0.25) is 19.2 Å². The molecule has 4 amide bonds. The van der Waals surface area contributed by atoms with Crippen molar-refractivity contribution in [3.05, 3.63) is 54.2 Å². The Morgan fingerprint density at radius 3 is 2.47 bits per heavy atom. The van der Waals surface area contributed by atoms with Crippen LogP contribution < -0.4 is 10.6 Å². The molecule has 1 aliphatic heterocycles. The van der Waals surface area contributed by atoms with Crippen molar-refractivity contribution in [2.45, 2.75) is 45.2 Å². The highest BCUT2D eigenvalue weighted by Crippen LogP contribution is 2.16. The van der Waals surface area contributed by atoms with Crippen LogP contribution in [-0.4, -0.2) is 65.6 Å². The molecule has 1 aromatic carbocycles. The molecule has 1 fully saturated rings. The molecule has 0 unspecified atom stereocenters. The summed E-state index contributed by atoms with van der Waals surface area (Å²) in [5, 5.41) is 5.39. The van der Waals surface area contributed by atoms with Crippen LogP contribution in [0.25, 0.3) is 6.08 Å². The molecule has 8 nitrogen and oxygen atoms in total. The number of rotatable bonds is 6. The van der Waals surface area contributed by atoms with Gasteiger partial charge in [0.2, 0.25) is 17.7 Å². The highest BCUT2D eigenvalue weighted by atomic mass is 16.2. The monoisotopic (exact) mass is 440 g/mol. The summed E-state index contributed by atoms with van der Waals surface area (Å²) in [5.41, 5.74) is 0.804. The van der Waals surface area contributed by atoms with Gasteiger partial charge in [0.05, 0.1) is 6.54 Å². The van der Waals surface area contributed by atoms with Crippen LogP contribution in [0.1, 0.15) is 38.7 Å². The molecule has 2 rings (SSSR count). The van der Waals surface area contributed by atoms with Crippen molar-refractivity contribution in [1.29, 1.82) is 0 Å². The lowest BCUT2D eigenvalue weighted by Gasteiger charge is -2.32. The van der Waals surface area contributed by atoms with Crippen LogP contribution in [0.2, 0.25) is 0 Å². The smallest absolute Gasteiger partial charge is 0.268 e. The Kier molecular flexibility index (Phi) is 9.19. The fraction of sp³-hybridized carbons (Fsp3) is 0.417. The zero-order chi connectivity index (χ0) is 23.7. The van der Waals surface area contributed by atoms with Crippen molar-refractivity contribution >= 4 is 29.7 Å². The molecular formula is C24H32N4O4. The van der Waals surface area contributed by atoms with Crippen molar-refractivity contribution in [1.82, 2.24) is 20.4 Å². The molecule has 0 aromatic heterocycles. The molecule has 1 aromatic rings. The van der Waals surface area contributed by atoms with E-state index in [0.29, 0.717) is 12.8 Å². The molecule has 0 saturated carbocycles. The van der Waals surface area contributed by atoms with Crippen molar-refractivity contribution in [3.63, 3.8) is 0 Å². The summed E-state index contributed by atoms with van der Waals surface area (Å²) in [6, 6.07) is 7.49. The number of hydrogen-bond donors (Lipinski definition) is 2. The first-order valence-electron chi connectivity index (χ1n) is 10.8. The van der Waals surface area contributed by atoms with E-state index in [4.69, 9.17) is 0 Å². The van der Waals surface area contributed by atoms with Crippen molar-refractivity contribution in [2.75, 3.05) is 20.1 Å². The summed E-state index contributed by atoms with van der Waals surface area (Å²) in [4.78, 5) is 54.6. The number of carbonyl (C=O) groups is 4. The summed E-state index contributed by atoms with van der Waals surface area (Å²) >= 11 is 0. The molecular weight excluding hydrogens is 408 g/mol. The Morgan fingerprint density at radius 2 is 1.84 bits per heavy atom. The third kappa shape index (κ3) is 6.29. The Balaban J connectivity index is 2.57. The Labute approximate surface area is 189 Å². The highest BCUT2D eigenvalue weighted by Gasteiger charge is 2.33. The number of nitrogens with zero attached hydrogens (tertiary/aromatic N) is 2. The van der Waals surface area contributed by atoms with Gasteiger partial charge in [0, 0.05) is 13.6 Å². The number of amides is 4. The van der Waals surface area contributed by atoms with Gasteiger partial charge in [0.1, 0.15) is 17.8 Å². The van der Waals surface area contributed by atoms with Crippen LogP contribution in [0.5, 0.6) is 0 Å². The van der Waals surface area contributed by atoms with E-state index in [-0.39, 0.29) is 18.8 Å². The standard InChI is InChI=1S/C24H32N4O4/c1-5-7-13-19-24(32)28(14-6-2)20(15-18-11-9-8-10-12-18)23(31)25-16-21(29)27(4)17(3)22(30)26-19/h6,8-12,15,17,19H,2,5,7,13-14,16H2,1,3-4H3,(H,25,31)(H,26,30)/b20-15-/t17-,19-/m0/s1. The topological polar surface area (TPSA) is 98.8 Å². The molecule has 8 heteroatoms. The quantitative estimate of drug-likeness (QED) is 0.520. The van der Waals surface area contributed by atoms with Gasteiger partial charge < -0.3 is 20.4 Å². The molecule has 1 saturated heterocycles. The second-order valence-electron chi connectivity index (χ2n) is 7.74. The second kappa shape index (κ2) is 11.8. The number of carbonyl (C=O) groups excluding carboxylic acids is 4. The molecule has 0 bridgehead atoms. The van der Waals surface area contributed by atoms with E-state index < -0.39 is 35.7 Å². The van der Waals surface area contributed by atoms with Crippen molar-refractivity contribution in [3.8, 4) is 0 Å². The minimum atomic E-state index is -0.834. The maximum absolute atomic E-state index is 13.6. The maximum Gasteiger partial charge on any atom is 0.268 e. The molecule has 1 aliphatic rings. The molecule has 0 aliphatic carbocycles. The number of likely N-dealkylation sites (N-methyl/N-ethyl adjacent to an activating group) is 1. The van der Waals surface area contributed by atoms with Crippen LogP contribution >= 0.6 is 0 Å². The fourth-order valence-corrected chi connectivity index (χ4v) is 3.32. The summed E-state index contributed by atoms with van der Waals surface area (Å²) in [6.07, 6.45) is 5.08. The van der Waals surface area contributed by atoms with Crippen molar-refractivity contribution in [2.24, 2.45) is 0 Å². The largest absolute Gasteiger partial charge is 0.343 e. The molecule has 2 N–H and O–H groups in total. The fourth-order valence-electron chi connectivity index (χ4n) is 3.32. The number of benzene rings is 1. The lowest BCUT2D eigenvalue weighted by atomic mass is 10.1. The third-order valence-corrected chi connectivity index (χ3v) is 5.42. The van der Waals surface area contributed by atoms with E-state index in [1.54, 1.807) is 13.0 Å². The van der Waals surface area contributed by atoms with E-state index in [1.165, 1.54) is 22.9 Å². The van der Waals surface area contributed by atoms with Crippen LogP contribution in [0, 0.1) is 0 Å². The molecule has 0 spiro atoms. The lowest BCUT2D eigenvalue weighted by molar-refractivity contribution is -0.142. The zero-order valence-electron chi connectivity index (χ0n) is 19.0. The van der Waals surface area contributed by atoms with Crippen LogP contribution in [0.4, 0.5) is 0 Å².